The topological polar surface area (TPSA) is 54.6 Å². The number of benzene rings is 2. The van der Waals surface area contributed by atoms with Crippen LogP contribution in [0.5, 0.6) is 0 Å². The van der Waals surface area contributed by atoms with Gasteiger partial charge in [0.2, 0.25) is 0 Å². The van der Waals surface area contributed by atoms with Gasteiger partial charge in [-0.3, -0.25) is 4.99 Å². The number of hydrogen-bond acceptors (Lipinski definition) is 2. The van der Waals surface area contributed by atoms with E-state index in [-0.39, 0.29) is 16.0 Å². The molecule has 0 bridgehead atoms. The second-order valence-corrected chi connectivity index (χ2v) is 8.59. The van der Waals surface area contributed by atoms with Gasteiger partial charge in [0, 0.05) is 28.9 Å². The molecule has 5 heteroatoms. The average molecular weight is 409 g/mol. The van der Waals surface area contributed by atoms with Crippen LogP contribution in [-0.2, 0) is 5.41 Å². The lowest BCUT2D eigenvalue weighted by Gasteiger charge is -2.18. The standard InChI is InChI=1S/C24H25ClN2O2/c1-15-12-17(14-26-19-8-6-18(7-9-19)24(3,4)5)16(2)27(15)20-10-11-22(25)21(13-20)23(28)29/h6-14H,1-5H3,(H,28,29). The van der Waals surface area contributed by atoms with Crippen LogP contribution in [0.4, 0.5) is 5.69 Å². The van der Waals surface area contributed by atoms with Gasteiger partial charge in [-0.05, 0) is 61.2 Å². The van der Waals surface area contributed by atoms with Crippen molar-refractivity contribution in [3.8, 4) is 5.69 Å². The molecule has 150 valence electrons. The number of aliphatic imine (C=N–C) groups is 1. The van der Waals surface area contributed by atoms with Gasteiger partial charge < -0.3 is 9.67 Å². The first-order chi connectivity index (χ1) is 13.6. The average Bonchev–Trinajstić information content (AvgIpc) is 2.93. The molecule has 0 unspecified atom stereocenters. The largest absolute Gasteiger partial charge is 0.478 e. The van der Waals surface area contributed by atoms with Crippen LogP contribution in [0.15, 0.2) is 53.5 Å². The van der Waals surface area contributed by atoms with Crippen molar-refractivity contribution in [2.24, 2.45) is 4.99 Å². The fourth-order valence-corrected chi connectivity index (χ4v) is 3.52. The van der Waals surface area contributed by atoms with Crippen LogP contribution in [0.1, 0.15) is 53.6 Å². The van der Waals surface area contributed by atoms with E-state index < -0.39 is 5.97 Å². The Morgan fingerprint density at radius 1 is 1.07 bits per heavy atom. The number of carboxylic acids is 1. The maximum absolute atomic E-state index is 11.4. The second kappa shape index (κ2) is 7.88. The highest BCUT2D eigenvalue weighted by molar-refractivity contribution is 6.33. The van der Waals surface area contributed by atoms with Gasteiger partial charge in [0.1, 0.15) is 0 Å². The number of carboxylic acid groups (broad SMARTS) is 1. The van der Waals surface area contributed by atoms with E-state index in [0.29, 0.717) is 0 Å². The lowest BCUT2D eigenvalue weighted by atomic mass is 9.87. The summed E-state index contributed by atoms with van der Waals surface area (Å²) in [6.07, 6.45) is 1.85. The summed E-state index contributed by atoms with van der Waals surface area (Å²) < 4.78 is 2.01. The van der Waals surface area contributed by atoms with Crippen LogP contribution in [0.25, 0.3) is 5.69 Å². The van der Waals surface area contributed by atoms with Crippen molar-refractivity contribution in [1.29, 1.82) is 0 Å². The highest BCUT2D eigenvalue weighted by atomic mass is 35.5. The summed E-state index contributed by atoms with van der Waals surface area (Å²) in [5.74, 6) is -1.04. The van der Waals surface area contributed by atoms with Crippen molar-refractivity contribution < 1.29 is 9.90 Å². The van der Waals surface area contributed by atoms with E-state index in [9.17, 15) is 9.90 Å². The van der Waals surface area contributed by atoms with E-state index >= 15 is 0 Å². The Morgan fingerprint density at radius 2 is 1.72 bits per heavy atom. The number of aromatic carboxylic acids is 1. The van der Waals surface area contributed by atoms with Crippen molar-refractivity contribution in [1.82, 2.24) is 4.57 Å². The third-order valence-corrected chi connectivity index (χ3v) is 5.32. The van der Waals surface area contributed by atoms with Crippen molar-refractivity contribution in [3.63, 3.8) is 0 Å². The maximum Gasteiger partial charge on any atom is 0.337 e. The van der Waals surface area contributed by atoms with Crippen LogP contribution in [-0.4, -0.2) is 21.9 Å². The summed E-state index contributed by atoms with van der Waals surface area (Å²) in [6, 6.07) is 15.3. The maximum atomic E-state index is 11.4. The van der Waals surface area contributed by atoms with Gasteiger partial charge in [0.15, 0.2) is 0 Å². The number of aryl methyl sites for hydroxylation is 1. The Kier molecular flexibility index (Phi) is 5.67. The van der Waals surface area contributed by atoms with E-state index in [1.54, 1.807) is 12.1 Å². The quantitative estimate of drug-likeness (QED) is 0.501. The molecule has 0 amide bonds. The summed E-state index contributed by atoms with van der Waals surface area (Å²) in [5, 5.41) is 9.57. The molecule has 3 rings (SSSR count). The monoisotopic (exact) mass is 408 g/mol. The molecule has 0 saturated heterocycles. The number of nitrogens with zero attached hydrogens (tertiary/aromatic N) is 2. The minimum Gasteiger partial charge on any atom is -0.478 e. The Bertz CT molecular complexity index is 1090. The number of aromatic nitrogens is 1. The number of halogens is 1. The first kappa shape index (κ1) is 20.9. The predicted octanol–water partition coefficient (Wildman–Crippen LogP) is 6.49. The van der Waals surface area contributed by atoms with Crippen LogP contribution >= 0.6 is 11.6 Å². The first-order valence-corrected chi connectivity index (χ1v) is 9.82. The van der Waals surface area contributed by atoms with Gasteiger partial charge in [-0.15, -0.1) is 0 Å². The molecule has 0 atom stereocenters. The van der Waals surface area contributed by atoms with E-state index in [1.165, 1.54) is 5.56 Å². The molecular weight excluding hydrogens is 384 g/mol. The van der Waals surface area contributed by atoms with Crippen molar-refractivity contribution in [2.45, 2.75) is 40.0 Å². The molecule has 2 aromatic carbocycles. The molecule has 0 aliphatic rings. The lowest BCUT2D eigenvalue weighted by Crippen LogP contribution is -2.10. The van der Waals surface area contributed by atoms with E-state index in [0.717, 1.165) is 28.3 Å². The molecule has 0 saturated carbocycles. The predicted molar refractivity (Wildman–Crippen MR) is 120 cm³/mol. The molecular formula is C24H25ClN2O2. The molecule has 0 radical (unpaired) electrons. The zero-order chi connectivity index (χ0) is 21.3. The molecule has 29 heavy (non-hydrogen) atoms. The molecule has 1 N–H and O–H groups in total. The van der Waals surface area contributed by atoms with Crippen molar-refractivity contribution in [3.05, 3.63) is 81.6 Å². The van der Waals surface area contributed by atoms with Gasteiger partial charge in [-0.2, -0.15) is 0 Å². The number of rotatable bonds is 4. The molecule has 1 heterocycles. The summed E-state index contributed by atoms with van der Waals surface area (Å²) in [7, 11) is 0. The SMILES string of the molecule is Cc1cc(C=Nc2ccc(C(C)(C)C)cc2)c(C)n1-c1ccc(Cl)c(C(=O)O)c1. The molecule has 4 nitrogen and oxygen atoms in total. The molecule has 0 spiro atoms. The second-order valence-electron chi connectivity index (χ2n) is 8.19. The van der Waals surface area contributed by atoms with Crippen LogP contribution in [0, 0.1) is 13.8 Å². The van der Waals surface area contributed by atoms with Gasteiger partial charge in [-0.25, -0.2) is 4.79 Å². The van der Waals surface area contributed by atoms with Crippen molar-refractivity contribution in [2.75, 3.05) is 0 Å². The minimum absolute atomic E-state index is 0.0887. The van der Waals surface area contributed by atoms with Gasteiger partial charge in [0.25, 0.3) is 0 Å². The zero-order valence-corrected chi connectivity index (χ0v) is 18.1. The summed E-state index contributed by atoms with van der Waals surface area (Å²) in [6.45, 7) is 10.5. The fraction of sp³-hybridized carbons (Fsp3) is 0.250. The zero-order valence-electron chi connectivity index (χ0n) is 17.3. The Morgan fingerprint density at radius 3 is 2.31 bits per heavy atom. The van der Waals surface area contributed by atoms with E-state index in [4.69, 9.17) is 11.6 Å². The highest BCUT2D eigenvalue weighted by Crippen LogP contribution is 2.26. The van der Waals surface area contributed by atoms with Crippen LogP contribution < -0.4 is 0 Å². The normalized spacial score (nSPS) is 11.9. The number of carbonyl (C=O) groups is 1. The third kappa shape index (κ3) is 4.43. The summed E-state index contributed by atoms with van der Waals surface area (Å²) in [5.41, 5.74) is 6.08. The summed E-state index contributed by atoms with van der Waals surface area (Å²) in [4.78, 5) is 16.0. The highest BCUT2D eigenvalue weighted by Gasteiger charge is 2.15. The van der Waals surface area contributed by atoms with Gasteiger partial charge in [0.05, 0.1) is 16.3 Å². The first-order valence-electron chi connectivity index (χ1n) is 9.44. The van der Waals surface area contributed by atoms with Crippen LogP contribution in [0.2, 0.25) is 5.02 Å². The Labute approximate surface area is 176 Å². The fourth-order valence-electron chi connectivity index (χ4n) is 3.32. The van der Waals surface area contributed by atoms with Crippen molar-refractivity contribution >= 4 is 29.5 Å². The minimum atomic E-state index is -1.04. The Hall–Kier alpha value is -2.85. The third-order valence-electron chi connectivity index (χ3n) is 4.99. The van der Waals surface area contributed by atoms with Gasteiger partial charge >= 0.3 is 5.97 Å². The smallest absolute Gasteiger partial charge is 0.337 e. The lowest BCUT2D eigenvalue weighted by molar-refractivity contribution is 0.0697. The van der Waals surface area contributed by atoms with E-state index in [2.05, 4.69) is 37.9 Å². The Balaban J connectivity index is 1.93. The summed E-state index contributed by atoms with van der Waals surface area (Å²) >= 11 is 6.01. The van der Waals surface area contributed by atoms with E-state index in [1.807, 2.05) is 48.9 Å². The van der Waals surface area contributed by atoms with Gasteiger partial charge in [-0.1, -0.05) is 44.5 Å². The van der Waals surface area contributed by atoms with Crippen LogP contribution in [0.3, 0.4) is 0 Å². The molecule has 0 fully saturated rings. The molecule has 1 aromatic heterocycles. The molecule has 0 aliphatic carbocycles. The number of hydrogen-bond donors (Lipinski definition) is 1. The molecule has 3 aromatic rings. The molecule has 0 aliphatic heterocycles.